The first-order valence-corrected chi connectivity index (χ1v) is 4.25. The van der Waals surface area contributed by atoms with Gasteiger partial charge in [0.1, 0.15) is 5.69 Å². The van der Waals surface area contributed by atoms with Gasteiger partial charge in [-0.15, -0.1) is 0 Å². The maximum absolute atomic E-state index is 10.9. The van der Waals surface area contributed by atoms with E-state index in [4.69, 9.17) is 10.8 Å². The fourth-order valence-corrected chi connectivity index (χ4v) is 1.58. The van der Waals surface area contributed by atoms with Crippen molar-refractivity contribution in [2.45, 2.75) is 6.67 Å². The predicted octanol–water partition coefficient (Wildman–Crippen LogP) is 1.26. The predicted molar refractivity (Wildman–Crippen MR) is 53.1 cm³/mol. The lowest BCUT2D eigenvalue weighted by atomic mass is 10.2. The highest BCUT2D eigenvalue weighted by molar-refractivity contribution is 5.94. The third-order valence-corrected chi connectivity index (χ3v) is 2.21. The highest BCUT2D eigenvalue weighted by Gasteiger charge is 2.12. The van der Waals surface area contributed by atoms with Crippen molar-refractivity contribution >= 4 is 16.9 Å². The van der Waals surface area contributed by atoms with Crippen LogP contribution in [0.1, 0.15) is 10.5 Å². The van der Waals surface area contributed by atoms with Crippen LogP contribution in [0.15, 0.2) is 30.3 Å². The number of fused-ring (bicyclic) bond motifs is 1. The molecule has 0 amide bonds. The smallest absolute Gasteiger partial charge is 0.352 e. The molecule has 1 aromatic heterocycles. The minimum absolute atomic E-state index is 0.176. The summed E-state index contributed by atoms with van der Waals surface area (Å²) in [5.74, 6) is -0.952. The van der Waals surface area contributed by atoms with Crippen molar-refractivity contribution < 1.29 is 9.90 Å². The standard InChI is InChI=1S/C10H10N2O2/c11-6-12-8-4-2-1-3-7(8)5-9(12)10(13)14/h1-5H,6,11H2,(H,13,14). The zero-order valence-corrected chi connectivity index (χ0v) is 7.47. The number of nitrogens with zero attached hydrogens (tertiary/aromatic N) is 1. The van der Waals surface area contributed by atoms with Crippen LogP contribution in [-0.4, -0.2) is 15.6 Å². The molecule has 0 aliphatic heterocycles. The van der Waals surface area contributed by atoms with E-state index in [0.29, 0.717) is 0 Å². The Morgan fingerprint density at radius 1 is 1.43 bits per heavy atom. The van der Waals surface area contributed by atoms with Crippen LogP contribution < -0.4 is 5.73 Å². The van der Waals surface area contributed by atoms with E-state index in [1.165, 1.54) is 0 Å². The van der Waals surface area contributed by atoms with Gasteiger partial charge >= 0.3 is 5.97 Å². The van der Waals surface area contributed by atoms with Gasteiger partial charge in [0, 0.05) is 10.9 Å². The fourth-order valence-electron chi connectivity index (χ4n) is 1.58. The molecule has 4 nitrogen and oxygen atoms in total. The van der Waals surface area contributed by atoms with Crippen LogP contribution in [0, 0.1) is 0 Å². The number of para-hydroxylation sites is 1. The van der Waals surface area contributed by atoms with Crippen LogP contribution >= 0.6 is 0 Å². The number of hydrogen-bond donors (Lipinski definition) is 2. The van der Waals surface area contributed by atoms with Crippen LogP contribution in [0.4, 0.5) is 0 Å². The van der Waals surface area contributed by atoms with Gasteiger partial charge in [-0.1, -0.05) is 18.2 Å². The summed E-state index contributed by atoms with van der Waals surface area (Å²) < 4.78 is 1.58. The number of aromatic carboxylic acids is 1. The largest absolute Gasteiger partial charge is 0.477 e. The molecular weight excluding hydrogens is 180 g/mol. The zero-order chi connectivity index (χ0) is 10.1. The number of aromatic nitrogens is 1. The molecule has 0 aliphatic carbocycles. The Kier molecular flexibility index (Phi) is 1.98. The van der Waals surface area contributed by atoms with Gasteiger partial charge in [-0.25, -0.2) is 4.79 Å². The number of carbonyl (C=O) groups is 1. The van der Waals surface area contributed by atoms with Crippen molar-refractivity contribution in [3.05, 3.63) is 36.0 Å². The van der Waals surface area contributed by atoms with Crippen molar-refractivity contribution in [3.8, 4) is 0 Å². The van der Waals surface area contributed by atoms with Gasteiger partial charge in [0.15, 0.2) is 0 Å². The first kappa shape index (κ1) is 8.77. The third-order valence-electron chi connectivity index (χ3n) is 2.21. The summed E-state index contributed by atoms with van der Waals surface area (Å²) in [4.78, 5) is 10.9. The molecule has 0 bridgehead atoms. The molecule has 0 radical (unpaired) electrons. The highest BCUT2D eigenvalue weighted by Crippen LogP contribution is 2.18. The van der Waals surface area contributed by atoms with Gasteiger partial charge in [0.25, 0.3) is 0 Å². The summed E-state index contributed by atoms with van der Waals surface area (Å²) in [5.41, 5.74) is 6.58. The molecule has 0 aliphatic rings. The number of carboxylic acid groups (broad SMARTS) is 1. The Bertz CT molecular complexity index is 488. The van der Waals surface area contributed by atoms with Gasteiger partial charge < -0.3 is 15.4 Å². The normalized spacial score (nSPS) is 10.6. The SMILES string of the molecule is NCn1c(C(=O)O)cc2ccccc21. The topological polar surface area (TPSA) is 68.2 Å². The molecule has 0 fully saturated rings. The molecule has 0 spiro atoms. The lowest BCUT2D eigenvalue weighted by Gasteiger charge is -2.02. The zero-order valence-electron chi connectivity index (χ0n) is 7.47. The number of carboxylic acids is 1. The highest BCUT2D eigenvalue weighted by atomic mass is 16.4. The van der Waals surface area contributed by atoms with Gasteiger partial charge in [-0.3, -0.25) is 0 Å². The molecular formula is C10H10N2O2. The maximum atomic E-state index is 10.9. The van der Waals surface area contributed by atoms with Gasteiger partial charge in [0.2, 0.25) is 0 Å². The average Bonchev–Trinajstić information content (AvgIpc) is 2.56. The molecule has 0 atom stereocenters. The van der Waals surface area contributed by atoms with Crippen molar-refractivity contribution in [2.24, 2.45) is 5.73 Å². The molecule has 3 N–H and O–H groups in total. The Hall–Kier alpha value is -1.81. The summed E-state index contributed by atoms with van der Waals surface area (Å²) >= 11 is 0. The van der Waals surface area contributed by atoms with E-state index in [0.717, 1.165) is 10.9 Å². The number of nitrogens with two attached hydrogens (primary N) is 1. The second kappa shape index (κ2) is 3.16. The third kappa shape index (κ3) is 1.16. The van der Waals surface area contributed by atoms with Gasteiger partial charge in [-0.2, -0.15) is 0 Å². The molecule has 2 aromatic rings. The van der Waals surface area contributed by atoms with Crippen LogP contribution in [0.3, 0.4) is 0 Å². The minimum atomic E-state index is -0.952. The van der Waals surface area contributed by atoms with Gasteiger partial charge in [-0.05, 0) is 12.1 Å². The molecule has 1 heterocycles. The Morgan fingerprint density at radius 3 is 2.79 bits per heavy atom. The lowest BCUT2D eigenvalue weighted by molar-refractivity contribution is 0.0685. The Balaban J connectivity index is 2.78. The fraction of sp³-hybridized carbons (Fsp3) is 0.100. The van der Waals surface area contributed by atoms with Crippen LogP contribution in [0.25, 0.3) is 10.9 Å². The summed E-state index contributed by atoms with van der Waals surface area (Å²) in [6, 6.07) is 9.09. The van der Waals surface area contributed by atoms with E-state index in [1.54, 1.807) is 10.6 Å². The monoisotopic (exact) mass is 190 g/mol. The second-order valence-corrected chi connectivity index (χ2v) is 3.00. The van der Waals surface area contributed by atoms with Crippen molar-refractivity contribution in [3.63, 3.8) is 0 Å². The number of hydrogen-bond acceptors (Lipinski definition) is 2. The molecule has 72 valence electrons. The summed E-state index contributed by atoms with van der Waals surface area (Å²) in [7, 11) is 0. The van der Waals surface area contributed by atoms with E-state index >= 15 is 0 Å². The van der Waals surface area contributed by atoms with Crippen LogP contribution in [0.2, 0.25) is 0 Å². The Labute approximate surface area is 80.6 Å². The summed E-state index contributed by atoms with van der Waals surface area (Å²) in [5, 5.41) is 9.82. The first-order chi connectivity index (χ1) is 6.74. The van der Waals surface area contributed by atoms with Crippen molar-refractivity contribution in [1.29, 1.82) is 0 Å². The number of benzene rings is 1. The van der Waals surface area contributed by atoms with E-state index in [2.05, 4.69) is 0 Å². The first-order valence-electron chi connectivity index (χ1n) is 4.25. The minimum Gasteiger partial charge on any atom is -0.477 e. The molecule has 0 saturated carbocycles. The average molecular weight is 190 g/mol. The molecule has 0 saturated heterocycles. The quantitative estimate of drug-likeness (QED) is 0.748. The molecule has 0 unspecified atom stereocenters. The Morgan fingerprint density at radius 2 is 2.14 bits per heavy atom. The second-order valence-electron chi connectivity index (χ2n) is 3.00. The van der Waals surface area contributed by atoms with E-state index in [9.17, 15) is 4.79 Å². The number of rotatable bonds is 2. The molecule has 2 rings (SSSR count). The lowest BCUT2D eigenvalue weighted by Crippen LogP contribution is -2.13. The van der Waals surface area contributed by atoms with Crippen LogP contribution in [-0.2, 0) is 6.67 Å². The maximum Gasteiger partial charge on any atom is 0.352 e. The summed E-state index contributed by atoms with van der Waals surface area (Å²) in [6.45, 7) is 0.176. The van der Waals surface area contributed by atoms with Crippen molar-refractivity contribution in [1.82, 2.24) is 4.57 Å². The van der Waals surface area contributed by atoms with Gasteiger partial charge in [0.05, 0.1) is 6.67 Å². The van der Waals surface area contributed by atoms with Crippen molar-refractivity contribution in [2.75, 3.05) is 0 Å². The van der Waals surface area contributed by atoms with Crippen LogP contribution in [0.5, 0.6) is 0 Å². The van der Waals surface area contributed by atoms with E-state index in [1.807, 2.05) is 24.3 Å². The van der Waals surface area contributed by atoms with E-state index in [-0.39, 0.29) is 12.4 Å². The summed E-state index contributed by atoms with van der Waals surface area (Å²) in [6.07, 6.45) is 0. The molecule has 4 heteroatoms. The molecule has 1 aromatic carbocycles. The van der Waals surface area contributed by atoms with E-state index < -0.39 is 5.97 Å². The molecule has 14 heavy (non-hydrogen) atoms.